The number of benzene rings is 1. The highest BCUT2D eigenvalue weighted by atomic mass is 19.1. The molecule has 0 bridgehead atoms. The summed E-state index contributed by atoms with van der Waals surface area (Å²) in [6, 6.07) is 4.53. The molecule has 0 radical (unpaired) electrons. The van der Waals surface area contributed by atoms with E-state index < -0.39 is 23.1 Å². The summed E-state index contributed by atoms with van der Waals surface area (Å²) in [4.78, 5) is 23.0. The highest BCUT2D eigenvalue weighted by Crippen LogP contribution is 2.20. The Morgan fingerprint density at radius 3 is 2.58 bits per heavy atom. The average molecular weight is 267 g/mol. The fraction of sp³-hybridized carbons (Fsp3) is 0.429. The van der Waals surface area contributed by atoms with Crippen molar-refractivity contribution in [2.24, 2.45) is 5.41 Å². The number of nitrogens with one attached hydrogen (secondary N) is 1. The molecule has 0 aromatic heterocycles. The molecule has 0 fully saturated rings. The number of halogens is 1. The van der Waals surface area contributed by atoms with Gasteiger partial charge in [0.25, 0.3) is 5.91 Å². The van der Waals surface area contributed by atoms with Crippen LogP contribution in [0, 0.1) is 18.2 Å². The molecule has 0 aliphatic rings. The fourth-order valence-corrected chi connectivity index (χ4v) is 1.55. The average Bonchev–Trinajstić information content (AvgIpc) is 2.38. The Hall–Kier alpha value is -1.91. The van der Waals surface area contributed by atoms with Gasteiger partial charge in [-0.2, -0.15) is 0 Å². The zero-order chi connectivity index (χ0) is 14.6. The van der Waals surface area contributed by atoms with Crippen LogP contribution in [0.2, 0.25) is 0 Å². The van der Waals surface area contributed by atoms with Crippen LogP contribution >= 0.6 is 0 Å². The summed E-state index contributed by atoms with van der Waals surface area (Å²) >= 11 is 0. The van der Waals surface area contributed by atoms with Gasteiger partial charge in [-0.1, -0.05) is 19.1 Å². The van der Waals surface area contributed by atoms with Crippen molar-refractivity contribution in [3.8, 4) is 0 Å². The Kier molecular flexibility index (Phi) is 4.64. The van der Waals surface area contributed by atoms with Crippen LogP contribution in [0.5, 0.6) is 0 Å². The van der Waals surface area contributed by atoms with Gasteiger partial charge in [0, 0.05) is 6.54 Å². The summed E-state index contributed by atoms with van der Waals surface area (Å²) in [5.74, 6) is -2.16. The number of hydrogen-bond donors (Lipinski definition) is 2. The Morgan fingerprint density at radius 2 is 2.05 bits per heavy atom. The number of hydrogen-bond acceptors (Lipinski definition) is 2. The van der Waals surface area contributed by atoms with Gasteiger partial charge in [0.15, 0.2) is 0 Å². The highest BCUT2D eigenvalue weighted by Gasteiger charge is 2.31. The lowest BCUT2D eigenvalue weighted by Crippen LogP contribution is -2.40. The second kappa shape index (κ2) is 5.82. The molecule has 1 aromatic rings. The number of carboxylic acids is 1. The van der Waals surface area contributed by atoms with Crippen LogP contribution in [0.15, 0.2) is 18.2 Å². The molecule has 5 heteroatoms. The van der Waals surface area contributed by atoms with Gasteiger partial charge in [-0.25, -0.2) is 4.39 Å². The third-order valence-corrected chi connectivity index (χ3v) is 3.37. The molecule has 2 N–H and O–H groups in total. The lowest BCUT2D eigenvalue weighted by Gasteiger charge is -2.23. The van der Waals surface area contributed by atoms with E-state index in [2.05, 4.69) is 5.32 Å². The van der Waals surface area contributed by atoms with Gasteiger partial charge >= 0.3 is 5.97 Å². The first-order chi connectivity index (χ1) is 8.81. The molecule has 0 heterocycles. The third-order valence-electron chi connectivity index (χ3n) is 3.37. The summed E-state index contributed by atoms with van der Waals surface area (Å²) < 4.78 is 13.7. The third kappa shape index (κ3) is 3.30. The van der Waals surface area contributed by atoms with Gasteiger partial charge in [0.05, 0.1) is 11.0 Å². The van der Waals surface area contributed by atoms with E-state index in [1.54, 1.807) is 32.9 Å². The quantitative estimate of drug-likeness (QED) is 0.860. The predicted molar refractivity (Wildman–Crippen MR) is 69.5 cm³/mol. The van der Waals surface area contributed by atoms with Crippen LogP contribution in [0.3, 0.4) is 0 Å². The van der Waals surface area contributed by atoms with Crippen molar-refractivity contribution in [3.63, 3.8) is 0 Å². The molecule has 0 saturated heterocycles. The molecule has 0 saturated carbocycles. The molecule has 4 nitrogen and oxygen atoms in total. The molecule has 1 unspecified atom stereocenters. The van der Waals surface area contributed by atoms with Crippen LogP contribution < -0.4 is 5.32 Å². The number of amides is 1. The van der Waals surface area contributed by atoms with Crippen molar-refractivity contribution in [1.82, 2.24) is 5.32 Å². The minimum atomic E-state index is -1.05. The summed E-state index contributed by atoms with van der Waals surface area (Å²) in [5, 5.41) is 11.6. The lowest BCUT2D eigenvalue weighted by molar-refractivity contribution is -0.147. The van der Waals surface area contributed by atoms with E-state index in [9.17, 15) is 14.0 Å². The number of carboxylic acid groups (broad SMARTS) is 1. The molecule has 0 aliphatic carbocycles. The van der Waals surface area contributed by atoms with Gasteiger partial charge in [-0.3, -0.25) is 9.59 Å². The first kappa shape index (κ1) is 15.1. The van der Waals surface area contributed by atoms with Gasteiger partial charge in [-0.05, 0) is 31.9 Å². The van der Waals surface area contributed by atoms with Crippen LogP contribution in [-0.2, 0) is 4.79 Å². The van der Waals surface area contributed by atoms with E-state index in [4.69, 9.17) is 5.11 Å². The van der Waals surface area contributed by atoms with Crippen LogP contribution in [-0.4, -0.2) is 23.5 Å². The second-order valence-corrected chi connectivity index (χ2v) is 4.84. The molecule has 1 rings (SSSR count). The topological polar surface area (TPSA) is 66.4 Å². The van der Waals surface area contributed by atoms with Crippen molar-refractivity contribution < 1.29 is 19.1 Å². The molecule has 19 heavy (non-hydrogen) atoms. The maximum Gasteiger partial charge on any atom is 0.311 e. The number of carbonyl (C=O) groups is 2. The van der Waals surface area contributed by atoms with E-state index in [-0.39, 0.29) is 12.1 Å². The zero-order valence-electron chi connectivity index (χ0n) is 11.3. The fourth-order valence-electron chi connectivity index (χ4n) is 1.55. The van der Waals surface area contributed by atoms with Crippen molar-refractivity contribution in [1.29, 1.82) is 0 Å². The van der Waals surface area contributed by atoms with E-state index in [0.717, 1.165) is 0 Å². The lowest BCUT2D eigenvalue weighted by atomic mass is 9.87. The standard InChI is InChI=1S/C14H18FNO3/c1-4-14(3,13(18)19)8-16-12(17)10-7-5-6-9(2)11(10)15/h5-7H,4,8H2,1-3H3,(H,16,17)(H,18,19). The Labute approximate surface area is 111 Å². The number of aliphatic carboxylic acids is 1. The SMILES string of the molecule is CCC(C)(CNC(=O)c1cccc(C)c1F)C(=O)O. The van der Waals surface area contributed by atoms with Crippen molar-refractivity contribution in [3.05, 3.63) is 35.1 Å². The molecule has 1 amide bonds. The monoisotopic (exact) mass is 267 g/mol. The molecular weight excluding hydrogens is 249 g/mol. The van der Waals surface area contributed by atoms with Crippen LogP contribution in [0.4, 0.5) is 4.39 Å². The second-order valence-electron chi connectivity index (χ2n) is 4.84. The van der Waals surface area contributed by atoms with Gasteiger partial charge in [0.2, 0.25) is 0 Å². The first-order valence-corrected chi connectivity index (χ1v) is 6.08. The smallest absolute Gasteiger partial charge is 0.311 e. The Bertz CT molecular complexity index is 501. The largest absolute Gasteiger partial charge is 0.481 e. The highest BCUT2D eigenvalue weighted by molar-refractivity contribution is 5.95. The minimum Gasteiger partial charge on any atom is -0.481 e. The summed E-state index contributed by atoms with van der Waals surface area (Å²) in [6.07, 6.45) is 0.374. The van der Waals surface area contributed by atoms with E-state index in [1.165, 1.54) is 6.07 Å². The molecular formula is C14H18FNO3. The molecule has 0 aliphatic heterocycles. The van der Waals surface area contributed by atoms with Crippen molar-refractivity contribution in [2.75, 3.05) is 6.54 Å². The normalized spacial score (nSPS) is 13.7. The summed E-state index contributed by atoms with van der Waals surface area (Å²) in [7, 11) is 0. The van der Waals surface area contributed by atoms with Gasteiger partial charge < -0.3 is 10.4 Å². The zero-order valence-corrected chi connectivity index (χ0v) is 11.3. The molecule has 104 valence electrons. The minimum absolute atomic E-state index is 0.0367. The predicted octanol–water partition coefficient (Wildman–Crippen LogP) is 2.36. The Morgan fingerprint density at radius 1 is 1.42 bits per heavy atom. The number of rotatable bonds is 5. The number of carbonyl (C=O) groups excluding carboxylic acids is 1. The Balaban J connectivity index is 2.81. The molecule has 1 atom stereocenters. The van der Waals surface area contributed by atoms with Crippen LogP contribution in [0.1, 0.15) is 36.2 Å². The van der Waals surface area contributed by atoms with Crippen molar-refractivity contribution >= 4 is 11.9 Å². The summed E-state index contributed by atoms with van der Waals surface area (Å²) in [5.41, 5.74) is -0.733. The molecule has 0 spiro atoms. The van der Waals surface area contributed by atoms with Gasteiger partial charge in [0.1, 0.15) is 5.82 Å². The van der Waals surface area contributed by atoms with Crippen LogP contribution in [0.25, 0.3) is 0 Å². The number of aryl methyl sites for hydroxylation is 1. The van der Waals surface area contributed by atoms with Gasteiger partial charge in [-0.15, -0.1) is 0 Å². The summed E-state index contributed by atoms with van der Waals surface area (Å²) in [6.45, 7) is 4.81. The maximum absolute atomic E-state index is 13.7. The van der Waals surface area contributed by atoms with E-state index >= 15 is 0 Å². The first-order valence-electron chi connectivity index (χ1n) is 6.08. The van der Waals surface area contributed by atoms with E-state index in [0.29, 0.717) is 12.0 Å². The van der Waals surface area contributed by atoms with Crippen molar-refractivity contribution in [2.45, 2.75) is 27.2 Å². The molecule has 1 aromatic carbocycles. The van der Waals surface area contributed by atoms with E-state index in [1.807, 2.05) is 0 Å². The maximum atomic E-state index is 13.7.